The fourth-order valence-electron chi connectivity index (χ4n) is 2.36. The molecule has 0 amide bonds. The van der Waals surface area contributed by atoms with Crippen LogP contribution in [-0.2, 0) is 0 Å². The minimum absolute atomic E-state index is 0.398. The third-order valence-corrected chi connectivity index (χ3v) is 5.49. The summed E-state index contributed by atoms with van der Waals surface area (Å²) in [6, 6.07) is 8.63. The molecule has 0 heterocycles. The molecule has 0 aliphatic heterocycles. The van der Waals surface area contributed by atoms with Gasteiger partial charge in [0, 0.05) is 10.7 Å². The van der Waals surface area contributed by atoms with E-state index < -0.39 is 0 Å². The average Bonchev–Trinajstić information content (AvgIpc) is 2.38. The molecule has 1 aliphatic carbocycles. The molecule has 1 aromatic rings. The lowest BCUT2D eigenvalue weighted by Crippen LogP contribution is -2.37. The summed E-state index contributed by atoms with van der Waals surface area (Å²) in [5.74, 6) is 1.65. The van der Waals surface area contributed by atoms with Crippen molar-refractivity contribution >= 4 is 15.9 Å². The van der Waals surface area contributed by atoms with Crippen LogP contribution in [0.25, 0.3) is 0 Å². The number of alkyl halides is 1. The van der Waals surface area contributed by atoms with Gasteiger partial charge in [0.05, 0.1) is 6.61 Å². The summed E-state index contributed by atoms with van der Waals surface area (Å²) in [6.45, 7) is 5.34. The molecule has 1 saturated carbocycles. The molecular weight excluding hydrogens is 288 g/mol. The first-order valence-electron chi connectivity index (χ1n) is 6.98. The van der Waals surface area contributed by atoms with Crippen molar-refractivity contribution in [2.24, 2.45) is 5.41 Å². The van der Waals surface area contributed by atoms with Crippen molar-refractivity contribution in [3.63, 3.8) is 0 Å². The van der Waals surface area contributed by atoms with E-state index in [1.54, 1.807) is 0 Å². The lowest BCUT2D eigenvalue weighted by Gasteiger charge is -2.39. The van der Waals surface area contributed by atoms with Crippen molar-refractivity contribution in [1.82, 2.24) is 0 Å². The molecule has 0 radical (unpaired) electrons. The molecule has 0 N–H and O–H groups in total. The van der Waals surface area contributed by atoms with Crippen LogP contribution in [0.2, 0.25) is 0 Å². The summed E-state index contributed by atoms with van der Waals surface area (Å²) >= 11 is 3.62. The molecule has 0 aromatic heterocycles. The minimum Gasteiger partial charge on any atom is -0.493 e. The highest BCUT2D eigenvalue weighted by molar-refractivity contribution is 9.09. The number of hydrogen-bond acceptors (Lipinski definition) is 1. The molecule has 0 spiro atoms. The van der Waals surface area contributed by atoms with Gasteiger partial charge in [-0.1, -0.05) is 48.3 Å². The van der Waals surface area contributed by atoms with Crippen LogP contribution in [0.4, 0.5) is 0 Å². The van der Waals surface area contributed by atoms with Crippen LogP contribution in [0.5, 0.6) is 5.75 Å². The molecule has 18 heavy (non-hydrogen) atoms. The molecule has 1 fully saturated rings. The van der Waals surface area contributed by atoms with Crippen LogP contribution < -0.4 is 4.74 Å². The standard InChI is InChI=1S/C16H23BrO/c1-3-13(2)14-5-7-15(8-6-14)18-12-16(11-17)9-4-10-16/h5-8,13H,3-4,9-12H2,1-2H3. The first-order valence-corrected chi connectivity index (χ1v) is 8.10. The van der Waals surface area contributed by atoms with Crippen LogP contribution in [0, 0.1) is 5.41 Å². The van der Waals surface area contributed by atoms with Gasteiger partial charge < -0.3 is 4.74 Å². The van der Waals surface area contributed by atoms with Gasteiger partial charge in [-0.3, -0.25) is 0 Å². The number of hydrogen-bond donors (Lipinski definition) is 0. The second-order valence-corrected chi connectivity index (χ2v) is 6.21. The summed E-state index contributed by atoms with van der Waals surface area (Å²) < 4.78 is 5.94. The monoisotopic (exact) mass is 310 g/mol. The van der Waals surface area contributed by atoms with Gasteiger partial charge in [0.15, 0.2) is 0 Å². The van der Waals surface area contributed by atoms with Crippen molar-refractivity contribution < 1.29 is 4.74 Å². The van der Waals surface area contributed by atoms with Crippen molar-refractivity contribution in [2.75, 3.05) is 11.9 Å². The maximum atomic E-state index is 5.94. The normalized spacial score (nSPS) is 19.1. The third-order valence-electron chi connectivity index (χ3n) is 4.30. The van der Waals surface area contributed by atoms with E-state index in [-0.39, 0.29) is 0 Å². The molecule has 1 atom stereocenters. The van der Waals surface area contributed by atoms with E-state index in [4.69, 9.17) is 4.74 Å². The van der Waals surface area contributed by atoms with Gasteiger partial charge in [-0.2, -0.15) is 0 Å². The number of ether oxygens (including phenoxy) is 1. The Bertz CT molecular complexity index is 362. The molecule has 100 valence electrons. The largest absolute Gasteiger partial charge is 0.493 e. The van der Waals surface area contributed by atoms with Crippen LogP contribution in [0.3, 0.4) is 0 Å². The van der Waals surface area contributed by atoms with Crippen LogP contribution in [0.15, 0.2) is 24.3 Å². The molecule has 0 bridgehead atoms. The van der Waals surface area contributed by atoms with Gasteiger partial charge in [-0.15, -0.1) is 0 Å². The second-order valence-electron chi connectivity index (χ2n) is 5.65. The molecule has 2 heteroatoms. The molecule has 1 unspecified atom stereocenters. The third kappa shape index (κ3) is 3.09. The Labute approximate surface area is 119 Å². The van der Waals surface area contributed by atoms with Gasteiger partial charge in [-0.05, 0) is 42.9 Å². The van der Waals surface area contributed by atoms with Crippen molar-refractivity contribution in [2.45, 2.75) is 45.4 Å². The lowest BCUT2D eigenvalue weighted by atomic mass is 9.71. The molecule has 1 aromatic carbocycles. The Morgan fingerprint density at radius 2 is 1.94 bits per heavy atom. The Kier molecular flexibility index (Phi) is 4.71. The Morgan fingerprint density at radius 1 is 1.28 bits per heavy atom. The van der Waals surface area contributed by atoms with E-state index in [9.17, 15) is 0 Å². The van der Waals surface area contributed by atoms with Crippen molar-refractivity contribution in [3.8, 4) is 5.75 Å². The SMILES string of the molecule is CCC(C)c1ccc(OCC2(CBr)CCC2)cc1. The van der Waals surface area contributed by atoms with E-state index >= 15 is 0 Å². The zero-order chi connectivity index (χ0) is 13.0. The van der Waals surface area contributed by atoms with Crippen LogP contribution >= 0.6 is 15.9 Å². The second kappa shape index (κ2) is 6.10. The zero-order valence-corrected chi connectivity index (χ0v) is 13.0. The van der Waals surface area contributed by atoms with Gasteiger partial charge in [0.1, 0.15) is 5.75 Å². The molecular formula is C16H23BrO. The maximum absolute atomic E-state index is 5.94. The summed E-state index contributed by atoms with van der Waals surface area (Å²) in [4.78, 5) is 0. The molecule has 2 rings (SSSR count). The molecule has 0 saturated heterocycles. The quantitative estimate of drug-likeness (QED) is 0.661. The topological polar surface area (TPSA) is 9.23 Å². The average molecular weight is 311 g/mol. The van der Waals surface area contributed by atoms with Gasteiger partial charge in [0.25, 0.3) is 0 Å². The summed E-state index contributed by atoms with van der Waals surface area (Å²) in [7, 11) is 0. The highest BCUT2D eigenvalue weighted by Gasteiger charge is 2.36. The smallest absolute Gasteiger partial charge is 0.119 e. The molecule has 1 nitrogen and oxygen atoms in total. The fraction of sp³-hybridized carbons (Fsp3) is 0.625. The lowest BCUT2D eigenvalue weighted by molar-refractivity contribution is 0.0838. The van der Waals surface area contributed by atoms with E-state index in [0.717, 1.165) is 17.7 Å². The molecule has 1 aliphatic rings. The van der Waals surface area contributed by atoms with Gasteiger partial charge >= 0.3 is 0 Å². The Balaban J connectivity index is 1.90. The van der Waals surface area contributed by atoms with Crippen LogP contribution in [-0.4, -0.2) is 11.9 Å². The van der Waals surface area contributed by atoms with E-state index in [1.165, 1.54) is 31.2 Å². The minimum atomic E-state index is 0.398. The van der Waals surface area contributed by atoms with Gasteiger partial charge in [0.2, 0.25) is 0 Å². The maximum Gasteiger partial charge on any atom is 0.119 e. The first kappa shape index (κ1) is 13.9. The fourth-order valence-corrected chi connectivity index (χ4v) is 3.08. The van der Waals surface area contributed by atoms with E-state index in [0.29, 0.717) is 11.3 Å². The summed E-state index contributed by atoms with van der Waals surface area (Å²) in [5, 5.41) is 1.06. The van der Waals surface area contributed by atoms with Crippen LogP contribution in [0.1, 0.15) is 51.0 Å². The van der Waals surface area contributed by atoms with Crippen molar-refractivity contribution in [1.29, 1.82) is 0 Å². The number of benzene rings is 1. The van der Waals surface area contributed by atoms with E-state index in [2.05, 4.69) is 54.0 Å². The Morgan fingerprint density at radius 3 is 2.39 bits per heavy atom. The predicted molar refractivity (Wildman–Crippen MR) is 80.7 cm³/mol. The highest BCUT2D eigenvalue weighted by atomic mass is 79.9. The summed E-state index contributed by atoms with van der Waals surface area (Å²) in [6.07, 6.45) is 5.13. The highest BCUT2D eigenvalue weighted by Crippen LogP contribution is 2.42. The van der Waals surface area contributed by atoms with Crippen molar-refractivity contribution in [3.05, 3.63) is 29.8 Å². The first-order chi connectivity index (χ1) is 8.69. The summed E-state index contributed by atoms with van der Waals surface area (Å²) in [5.41, 5.74) is 1.80. The van der Waals surface area contributed by atoms with E-state index in [1.807, 2.05) is 0 Å². The predicted octanol–water partition coefficient (Wildman–Crippen LogP) is 5.14. The van der Waals surface area contributed by atoms with Gasteiger partial charge in [-0.25, -0.2) is 0 Å². The number of halogens is 1. The Hall–Kier alpha value is -0.500. The number of rotatable bonds is 6. The zero-order valence-electron chi connectivity index (χ0n) is 11.4.